The number of aryl methyl sites for hydroxylation is 1. The summed E-state index contributed by atoms with van der Waals surface area (Å²) in [5, 5.41) is 0. The van der Waals surface area contributed by atoms with Crippen molar-refractivity contribution in [2.75, 3.05) is 20.2 Å². The highest BCUT2D eigenvalue weighted by molar-refractivity contribution is 7.89. The third-order valence-electron chi connectivity index (χ3n) is 7.98. The molecule has 3 aromatic carbocycles. The molecule has 6 rings (SSSR count). The topological polar surface area (TPSA) is 63.7 Å². The molecule has 0 unspecified atom stereocenters. The van der Waals surface area contributed by atoms with E-state index in [4.69, 9.17) is 4.74 Å². The lowest BCUT2D eigenvalue weighted by Crippen LogP contribution is -2.48. The summed E-state index contributed by atoms with van der Waals surface area (Å²) in [7, 11) is -1.95. The van der Waals surface area contributed by atoms with Gasteiger partial charge in [-0.15, -0.1) is 0 Å². The number of nitrogens with zero attached hydrogens (tertiary/aromatic N) is 1. The Bertz CT molecular complexity index is 1490. The van der Waals surface area contributed by atoms with Gasteiger partial charge in [-0.25, -0.2) is 8.42 Å². The van der Waals surface area contributed by atoms with E-state index in [1.165, 1.54) is 5.56 Å². The summed E-state index contributed by atoms with van der Waals surface area (Å²) in [6.45, 7) is 2.74. The standard InChI is InChI=1S/C29H27NO4S/c1-19-7-10-22(11-8-19)35(32,33)30-15-13-29(14-16-30)25-18-21(34-2)9-12-24(25)28(31)27-23-6-4-3-5-20(23)17-26(27)29/h3-12,18H,13-17H2,1-2H3. The number of ketones is 1. The van der Waals surface area contributed by atoms with Crippen LogP contribution in [-0.4, -0.2) is 38.7 Å². The molecular formula is C29H27NO4S. The van der Waals surface area contributed by atoms with Crippen LogP contribution in [0.25, 0.3) is 5.57 Å². The number of hydrogen-bond donors (Lipinski definition) is 0. The second kappa shape index (κ2) is 7.90. The number of hydrogen-bond acceptors (Lipinski definition) is 4. The van der Waals surface area contributed by atoms with Crippen molar-refractivity contribution in [1.29, 1.82) is 0 Å². The SMILES string of the molecule is COc1ccc2c(c1)C1(CCN(S(=O)(=O)c3ccc(C)cc3)CC1)C1=C(C2=O)c2ccccc2C1. The quantitative estimate of drug-likeness (QED) is 0.528. The first-order chi connectivity index (χ1) is 16.8. The monoisotopic (exact) mass is 485 g/mol. The molecule has 35 heavy (non-hydrogen) atoms. The summed E-state index contributed by atoms with van der Waals surface area (Å²) < 4.78 is 34.0. The number of carbonyl (C=O) groups is 1. The Morgan fingerprint density at radius 1 is 0.914 bits per heavy atom. The van der Waals surface area contributed by atoms with Gasteiger partial charge < -0.3 is 4.74 Å². The maximum absolute atomic E-state index is 13.7. The van der Waals surface area contributed by atoms with E-state index in [1.807, 2.05) is 55.5 Å². The number of benzene rings is 3. The van der Waals surface area contributed by atoms with Crippen LogP contribution >= 0.6 is 0 Å². The Labute approximate surface area is 206 Å². The van der Waals surface area contributed by atoms with Crippen LogP contribution in [0.1, 0.15) is 45.5 Å². The van der Waals surface area contributed by atoms with Crippen LogP contribution in [-0.2, 0) is 21.9 Å². The smallest absolute Gasteiger partial charge is 0.243 e. The van der Waals surface area contributed by atoms with Crippen molar-refractivity contribution in [3.8, 4) is 5.75 Å². The molecule has 0 bridgehead atoms. The van der Waals surface area contributed by atoms with Gasteiger partial charge in [0.05, 0.1) is 12.0 Å². The van der Waals surface area contributed by atoms with Crippen LogP contribution < -0.4 is 4.74 Å². The van der Waals surface area contributed by atoms with Crippen molar-refractivity contribution < 1.29 is 17.9 Å². The fourth-order valence-electron chi connectivity index (χ4n) is 6.11. The highest BCUT2D eigenvalue weighted by atomic mass is 32.2. The molecule has 5 nitrogen and oxygen atoms in total. The number of Topliss-reactive ketones (excluding diaryl/α,β-unsaturated/α-hetero) is 1. The fraction of sp³-hybridized carbons (Fsp3) is 0.276. The summed E-state index contributed by atoms with van der Waals surface area (Å²) in [5.74, 6) is 0.771. The van der Waals surface area contributed by atoms with Gasteiger partial charge in [0.15, 0.2) is 5.78 Å². The Hall–Kier alpha value is -3.22. The molecule has 1 spiro atoms. The average molecular weight is 486 g/mol. The third-order valence-corrected chi connectivity index (χ3v) is 9.89. The minimum absolute atomic E-state index is 0.0583. The van der Waals surface area contributed by atoms with Gasteiger partial charge in [0.1, 0.15) is 5.75 Å². The minimum atomic E-state index is -3.59. The van der Waals surface area contributed by atoms with Gasteiger partial charge in [0.2, 0.25) is 10.0 Å². The molecule has 0 N–H and O–H groups in total. The fourth-order valence-corrected chi connectivity index (χ4v) is 7.55. The van der Waals surface area contributed by atoms with E-state index in [9.17, 15) is 13.2 Å². The second-order valence-corrected chi connectivity index (χ2v) is 11.7. The van der Waals surface area contributed by atoms with E-state index in [-0.39, 0.29) is 5.78 Å². The predicted molar refractivity (Wildman–Crippen MR) is 135 cm³/mol. The molecular weight excluding hydrogens is 458 g/mol. The molecule has 1 aliphatic heterocycles. The van der Waals surface area contributed by atoms with Crippen molar-refractivity contribution in [2.24, 2.45) is 0 Å². The molecule has 0 amide bonds. The van der Waals surface area contributed by atoms with Crippen LogP contribution in [0.5, 0.6) is 5.75 Å². The van der Waals surface area contributed by atoms with Gasteiger partial charge in [-0.05, 0) is 78.8 Å². The predicted octanol–water partition coefficient (Wildman–Crippen LogP) is 4.93. The molecule has 1 saturated heterocycles. The Morgan fingerprint density at radius 3 is 2.34 bits per heavy atom. The number of carbonyl (C=O) groups excluding carboxylic acids is 1. The summed E-state index contributed by atoms with van der Waals surface area (Å²) in [4.78, 5) is 14.0. The second-order valence-electron chi connectivity index (χ2n) is 9.73. The van der Waals surface area contributed by atoms with Crippen LogP contribution in [0.4, 0.5) is 0 Å². The molecule has 3 aromatic rings. The maximum atomic E-state index is 13.7. The average Bonchev–Trinajstić information content (AvgIpc) is 3.28. The zero-order valence-corrected chi connectivity index (χ0v) is 20.7. The lowest BCUT2D eigenvalue weighted by atomic mass is 9.61. The number of methoxy groups -OCH3 is 1. The molecule has 0 saturated carbocycles. The number of rotatable bonds is 3. The van der Waals surface area contributed by atoms with Gasteiger partial charge in [-0.1, -0.05) is 42.0 Å². The van der Waals surface area contributed by atoms with Crippen molar-refractivity contribution in [3.63, 3.8) is 0 Å². The molecule has 6 heteroatoms. The zero-order chi connectivity index (χ0) is 24.4. The Morgan fingerprint density at radius 2 is 1.63 bits per heavy atom. The highest BCUT2D eigenvalue weighted by Gasteiger charge is 2.50. The van der Waals surface area contributed by atoms with Gasteiger partial charge in [-0.3, -0.25) is 4.79 Å². The van der Waals surface area contributed by atoms with E-state index in [0.717, 1.165) is 34.3 Å². The normalized spacial score (nSPS) is 18.9. The molecule has 1 fully saturated rings. The number of ether oxygens (including phenoxy) is 1. The maximum Gasteiger partial charge on any atom is 0.243 e. The molecule has 0 aromatic heterocycles. The highest BCUT2D eigenvalue weighted by Crippen LogP contribution is 2.55. The van der Waals surface area contributed by atoms with E-state index < -0.39 is 15.4 Å². The van der Waals surface area contributed by atoms with Gasteiger partial charge in [0.25, 0.3) is 0 Å². The molecule has 1 heterocycles. The lowest BCUT2D eigenvalue weighted by Gasteiger charge is -2.46. The van der Waals surface area contributed by atoms with E-state index in [1.54, 1.807) is 23.5 Å². The molecule has 3 aliphatic rings. The van der Waals surface area contributed by atoms with Crippen molar-refractivity contribution >= 4 is 21.4 Å². The largest absolute Gasteiger partial charge is 0.497 e. The van der Waals surface area contributed by atoms with Gasteiger partial charge in [0, 0.05) is 29.6 Å². The first-order valence-corrected chi connectivity index (χ1v) is 13.4. The van der Waals surface area contributed by atoms with Crippen LogP contribution in [0.15, 0.2) is 77.2 Å². The summed E-state index contributed by atoms with van der Waals surface area (Å²) in [6, 6.07) is 20.9. The van der Waals surface area contributed by atoms with Crippen molar-refractivity contribution in [3.05, 3.63) is 100 Å². The minimum Gasteiger partial charge on any atom is -0.497 e. The zero-order valence-electron chi connectivity index (χ0n) is 19.9. The Balaban J connectivity index is 1.44. The van der Waals surface area contributed by atoms with Crippen LogP contribution in [0.2, 0.25) is 0 Å². The van der Waals surface area contributed by atoms with Crippen LogP contribution in [0.3, 0.4) is 0 Å². The van der Waals surface area contributed by atoms with E-state index in [0.29, 0.717) is 42.1 Å². The first-order valence-electron chi connectivity index (χ1n) is 12.0. The number of fused-ring (bicyclic) bond motifs is 5. The van der Waals surface area contributed by atoms with Gasteiger partial charge >= 0.3 is 0 Å². The van der Waals surface area contributed by atoms with Crippen molar-refractivity contribution in [1.82, 2.24) is 4.31 Å². The molecule has 2 aliphatic carbocycles. The molecule has 0 atom stereocenters. The molecule has 0 radical (unpaired) electrons. The van der Waals surface area contributed by atoms with Crippen molar-refractivity contribution in [2.45, 2.75) is 36.5 Å². The first kappa shape index (κ1) is 22.3. The van der Waals surface area contributed by atoms with Gasteiger partial charge in [-0.2, -0.15) is 4.31 Å². The lowest BCUT2D eigenvalue weighted by molar-refractivity contribution is 0.104. The summed E-state index contributed by atoms with van der Waals surface area (Å²) in [5.41, 5.74) is 6.44. The van der Waals surface area contributed by atoms with Crippen LogP contribution in [0, 0.1) is 6.92 Å². The number of piperidine rings is 1. The van der Waals surface area contributed by atoms with E-state index >= 15 is 0 Å². The molecule has 178 valence electrons. The summed E-state index contributed by atoms with van der Waals surface area (Å²) >= 11 is 0. The summed E-state index contributed by atoms with van der Waals surface area (Å²) in [6.07, 6.45) is 1.97. The number of sulfonamides is 1. The third kappa shape index (κ3) is 3.23. The van der Waals surface area contributed by atoms with E-state index in [2.05, 4.69) is 6.07 Å². The number of allylic oxidation sites excluding steroid dienone is 2. The Kier molecular flexibility index (Phi) is 5.02.